The van der Waals surface area contributed by atoms with Crippen LogP contribution in [-0.4, -0.2) is 12.9 Å². The van der Waals surface area contributed by atoms with E-state index in [-0.39, 0.29) is 11.8 Å². The molecule has 18 heavy (non-hydrogen) atoms. The van der Waals surface area contributed by atoms with Crippen LogP contribution in [0.4, 0.5) is 13.2 Å². The van der Waals surface area contributed by atoms with Gasteiger partial charge in [0.25, 0.3) is 0 Å². The second-order valence-corrected chi connectivity index (χ2v) is 4.46. The first-order valence-electron chi connectivity index (χ1n) is 6.09. The number of ether oxygens (including phenoxy) is 1. The van der Waals surface area contributed by atoms with E-state index in [4.69, 9.17) is 0 Å². The van der Waals surface area contributed by atoms with E-state index in [0.717, 1.165) is 19.4 Å². The van der Waals surface area contributed by atoms with Crippen molar-refractivity contribution in [2.45, 2.75) is 32.2 Å². The van der Waals surface area contributed by atoms with Gasteiger partial charge in [-0.15, -0.1) is 13.2 Å². The van der Waals surface area contributed by atoms with Crippen molar-refractivity contribution in [3.8, 4) is 5.75 Å². The maximum Gasteiger partial charge on any atom is 0.573 e. The summed E-state index contributed by atoms with van der Waals surface area (Å²) in [7, 11) is 0. The lowest BCUT2D eigenvalue weighted by atomic mass is 10.0. The van der Waals surface area contributed by atoms with Gasteiger partial charge in [-0.2, -0.15) is 0 Å². The van der Waals surface area contributed by atoms with Crippen LogP contribution in [0.1, 0.15) is 31.4 Å². The summed E-state index contributed by atoms with van der Waals surface area (Å²) in [5.74, 6) is 0.325. The molecule has 0 spiro atoms. The van der Waals surface area contributed by atoms with Gasteiger partial charge in [0.2, 0.25) is 0 Å². The van der Waals surface area contributed by atoms with Crippen molar-refractivity contribution in [1.82, 2.24) is 5.32 Å². The summed E-state index contributed by atoms with van der Waals surface area (Å²) in [5.41, 5.74) is 0.596. The lowest BCUT2D eigenvalue weighted by Crippen LogP contribution is -2.25. The van der Waals surface area contributed by atoms with Gasteiger partial charge in [-0.25, -0.2) is 0 Å². The van der Waals surface area contributed by atoms with Crippen LogP contribution in [0.25, 0.3) is 0 Å². The average Bonchev–Trinajstić information content (AvgIpc) is 3.09. The molecule has 1 aromatic rings. The minimum absolute atomic E-state index is 0.0476. The van der Waals surface area contributed by atoms with Crippen molar-refractivity contribution < 1.29 is 17.9 Å². The summed E-state index contributed by atoms with van der Waals surface area (Å²) in [5, 5.41) is 3.24. The van der Waals surface area contributed by atoms with Gasteiger partial charge in [0.15, 0.2) is 0 Å². The zero-order chi connectivity index (χ0) is 13.2. The molecule has 1 N–H and O–H groups in total. The molecule has 0 amide bonds. The van der Waals surface area contributed by atoms with Crippen molar-refractivity contribution in [1.29, 1.82) is 0 Å². The lowest BCUT2D eigenvalue weighted by Gasteiger charge is -2.21. The third kappa shape index (κ3) is 3.38. The molecule has 1 aliphatic carbocycles. The fraction of sp³-hybridized carbons (Fsp3) is 0.538. The Labute approximate surface area is 104 Å². The molecule has 2 nitrogen and oxygen atoms in total. The third-order valence-corrected chi connectivity index (χ3v) is 3.00. The number of benzene rings is 1. The number of alkyl halides is 3. The number of rotatable bonds is 5. The van der Waals surface area contributed by atoms with Gasteiger partial charge in [0, 0.05) is 11.6 Å². The van der Waals surface area contributed by atoms with E-state index >= 15 is 0 Å². The van der Waals surface area contributed by atoms with Crippen LogP contribution in [0.5, 0.6) is 5.75 Å². The second kappa shape index (κ2) is 5.18. The summed E-state index contributed by atoms with van der Waals surface area (Å²) < 4.78 is 41.1. The lowest BCUT2D eigenvalue weighted by molar-refractivity contribution is -0.275. The van der Waals surface area contributed by atoms with Crippen LogP contribution in [0.2, 0.25) is 0 Å². The molecule has 0 saturated heterocycles. The maximum atomic E-state index is 12.3. The van der Waals surface area contributed by atoms with Crippen molar-refractivity contribution in [2.75, 3.05) is 6.54 Å². The van der Waals surface area contributed by atoms with E-state index < -0.39 is 6.36 Å². The molecule has 0 radical (unpaired) electrons. The van der Waals surface area contributed by atoms with Crippen LogP contribution in [0.15, 0.2) is 24.3 Å². The van der Waals surface area contributed by atoms with Gasteiger partial charge in [0.05, 0.1) is 0 Å². The SMILES string of the molecule is CCNC(c1ccccc1OC(F)(F)F)C1CC1. The third-order valence-electron chi connectivity index (χ3n) is 3.00. The molecule has 0 bridgehead atoms. The Morgan fingerprint density at radius 2 is 2.00 bits per heavy atom. The molecule has 0 heterocycles. The molecule has 0 aliphatic heterocycles. The minimum atomic E-state index is -4.64. The van der Waals surface area contributed by atoms with E-state index in [9.17, 15) is 13.2 Å². The average molecular weight is 259 g/mol. The Morgan fingerprint density at radius 3 is 2.56 bits per heavy atom. The zero-order valence-corrected chi connectivity index (χ0v) is 10.1. The topological polar surface area (TPSA) is 21.3 Å². The molecule has 1 aliphatic rings. The van der Waals surface area contributed by atoms with Gasteiger partial charge in [0.1, 0.15) is 5.75 Å². The molecule has 0 aromatic heterocycles. The molecular formula is C13H16F3NO. The van der Waals surface area contributed by atoms with Crippen molar-refractivity contribution >= 4 is 0 Å². The predicted molar refractivity (Wildman–Crippen MR) is 62.3 cm³/mol. The Kier molecular flexibility index (Phi) is 3.80. The second-order valence-electron chi connectivity index (χ2n) is 4.46. The van der Waals surface area contributed by atoms with Crippen LogP contribution < -0.4 is 10.1 Å². The van der Waals surface area contributed by atoms with Gasteiger partial charge in [-0.1, -0.05) is 25.1 Å². The highest BCUT2D eigenvalue weighted by Gasteiger charge is 2.36. The van der Waals surface area contributed by atoms with E-state index in [1.54, 1.807) is 18.2 Å². The van der Waals surface area contributed by atoms with Crippen LogP contribution in [-0.2, 0) is 0 Å². The summed E-state index contributed by atoms with van der Waals surface area (Å²) >= 11 is 0. The first kappa shape index (κ1) is 13.2. The normalized spacial score (nSPS) is 17.6. The highest BCUT2D eigenvalue weighted by Crippen LogP contribution is 2.44. The van der Waals surface area contributed by atoms with Crippen molar-refractivity contribution in [2.24, 2.45) is 5.92 Å². The van der Waals surface area contributed by atoms with E-state index in [2.05, 4.69) is 10.1 Å². The van der Waals surface area contributed by atoms with Crippen LogP contribution >= 0.6 is 0 Å². The first-order chi connectivity index (χ1) is 8.51. The molecule has 2 rings (SSSR count). The summed E-state index contributed by atoms with van der Waals surface area (Å²) in [4.78, 5) is 0. The summed E-state index contributed by atoms with van der Waals surface area (Å²) in [6.07, 6.45) is -2.54. The predicted octanol–water partition coefficient (Wildman–Crippen LogP) is 3.65. The van der Waals surface area contributed by atoms with Gasteiger partial charge in [-0.05, 0) is 31.4 Å². The standard InChI is InChI=1S/C13H16F3NO/c1-2-17-12(9-7-8-9)10-5-3-4-6-11(10)18-13(14,15)16/h3-6,9,12,17H,2,7-8H2,1H3. The van der Waals surface area contributed by atoms with E-state index in [0.29, 0.717) is 11.5 Å². The number of nitrogens with one attached hydrogen (secondary N) is 1. The van der Waals surface area contributed by atoms with Gasteiger partial charge < -0.3 is 10.1 Å². The summed E-state index contributed by atoms with van der Waals surface area (Å²) in [6.45, 7) is 2.67. The smallest absolute Gasteiger partial charge is 0.405 e. The summed E-state index contributed by atoms with van der Waals surface area (Å²) in [6, 6.07) is 6.32. The van der Waals surface area contributed by atoms with E-state index in [1.807, 2.05) is 6.92 Å². The van der Waals surface area contributed by atoms with Crippen molar-refractivity contribution in [3.63, 3.8) is 0 Å². The van der Waals surface area contributed by atoms with Crippen LogP contribution in [0.3, 0.4) is 0 Å². The van der Waals surface area contributed by atoms with Gasteiger partial charge >= 0.3 is 6.36 Å². The fourth-order valence-electron chi connectivity index (χ4n) is 2.14. The Morgan fingerprint density at radius 1 is 1.33 bits per heavy atom. The monoisotopic (exact) mass is 259 g/mol. The molecule has 5 heteroatoms. The van der Waals surface area contributed by atoms with Gasteiger partial charge in [-0.3, -0.25) is 0 Å². The molecule has 1 unspecified atom stereocenters. The fourth-order valence-corrected chi connectivity index (χ4v) is 2.14. The highest BCUT2D eigenvalue weighted by molar-refractivity contribution is 5.37. The van der Waals surface area contributed by atoms with E-state index in [1.165, 1.54) is 6.07 Å². The quantitative estimate of drug-likeness (QED) is 0.871. The molecule has 1 atom stereocenters. The Hall–Kier alpha value is -1.23. The Balaban J connectivity index is 2.24. The number of halogens is 3. The number of para-hydroxylation sites is 1. The largest absolute Gasteiger partial charge is 0.573 e. The molecular weight excluding hydrogens is 243 g/mol. The minimum Gasteiger partial charge on any atom is -0.405 e. The molecule has 1 fully saturated rings. The maximum absolute atomic E-state index is 12.3. The molecule has 1 saturated carbocycles. The van der Waals surface area contributed by atoms with Crippen molar-refractivity contribution in [3.05, 3.63) is 29.8 Å². The van der Waals surface area contributed by atoms with Crippen LogP contribution in [0, 0.1) is 5.92 Å². The number of hydrogen-bond acceptors (Lipinski definition) is 2. The Bertz CT molecular complexity index is 401. The zero-order valence-electron chi connectivity index (χ0n) is 10.1. The molecule has 1 aromatic carbocycles. The highest BCUT2D eigenvalue weighted by atomic mass is 19.4. The first-order valence-corrected chi connectivity index (χ1v) is 6.09. The number of hydrogen-bond donors (Lipinski definition) is 1. The molecule has 100 valence electrons.